The van der Waals surface area contributed by atoms with Gasteiger partial charge in [0.2, 0.25) is 0 Å². The summed E-state index contributed by atoms with van der Waals surface area (Å²) in [5, 5.41) is 8.58. The van der Waals surface area contributed by atoms with E-state index in [0.29, 0.717) is 0 Å². The molecule has 0 aromatic heterocycles. The van der Waals surface area contributed by atoms with Gasteiger partial charge < -0.3 is 5.11 Å². The van der Waals surface area contributed by atoms with Gasteiger partial charge in [-0.3, -0.25) is 4.79 Å². The van der Waals surface area contributed by atoms with Gasteiger partial charge in [-0.2, -0.15) is 0 Å². The summed E-state index contributed by atoms with van der Waals surface area (Å²) in [5.41, 5.74) is 0. The predicted octanol–water partition coefficient (Wildman–Crippen LogP) is 5.74. The highest BCUT2D eigenvalue weighted by molar-refractivity contribution is 5.66. The third kappa shape index (κ3) is 8.75. The van der Waals surface area contributed by atoms with Gasteiger partial charge in [-0.1, -0.05) is 50.5 Å². The second kappa shape index (κ2) is 11.6. The number of carbonyl (C=O) groups is 1. The van der Waals surface area contributed by atoms with Gasteiger partial charge in [0.25, 0.3) is 0 Å². The Hall–Kier alpha value is -1.05. The van der Waals surface area contributed by atoms with Gasteiger partial charge in [-0.15, -0.1) is 0 Å². The Kier molecular flexibility index (Phi) is 9.94. The van der Waals surface area contributed by atoms with E-state index >= 15 is 0 Å². The fourth-order valence-corrected chi connectivity index (χ4v) is 3.15. The van der Waals surface area contributed by atoms with Crippen LogP contribution in [0.3, 0.4) is 0 Å². The number of unbranched alkanes of at least 4 members (excludes halogenated alkanes) is 4. The third-order valence-corrected chi connectivity index (χ3v) is 4.44. The molecule has 1 rings (SSSR count). The highest BCUT2D eigenvalue weighted by Gasteiger charge is 2.23. The van der Waals surface area contributed by atoms with Crippen molar-refractivity contribution in [1.29, 1.82) is 0 Å². The van der Waals surface area contributed by atoms with Crippen LogP contribution >= 0.6 is 0 Å². The highest BCUT2D eigenvalue weighted by Crippen LogP contribution is 2.35. The largest absolute Gasteiger partial charge is 0.481 e. The molecule has 0 heterocycles. The van der Waals surface area contributed by atoms with Crippen molar-refractivity contribution in [2.24, 2.45) is 11.8 Å². The van der Waals surface area contributed by atoms with Gasteiger partial charge >= 0.3 is 5.97 Å². The third-order valence-electron chi connectivity index (χ3n) is 4.44. The molecule has 0 spiro atoms. The summed E-state index contributed by atoms with van der Waals surface area (Å²) in [7, 11) is 0. The van der Waals surface area contributed by atoms with Gasteiger partial charge in [0.1, 0.15) is 0 Å². The number of hydrogen-bond donors (Lipinski definition) is 1. The van der Waals surface area contributed by atoms with Gasteiger partial charge in [0, 0.05) is 6.42 Å². The van der Waals surface area contributed by atoms with Crippen LogP contribution in [-0.4, -0.2) is 11.1 Å². The van der Waals surface area contributed by atoms with E-state index in [1.54, 1.807) is 0 Å². The quantitative estimate of drug-likeness (QED) is 0.389. The van der Waals surface area contributed by atoms with Crippen molar-refractivity contribution in [2.45, 2.75) is 77.6 Å². The summed E-state index contributed by atoms with van der Waals surface area (Å²) in [6, 6.07) is 0. The van der Waals surface area contributed by atoms with Crippen molar-refractivity contribution < 1.29 is 9.90 Å². The molecule has 0 aliphatic heterocycles. The minimum atomic E-state index is -0.688. The van der Waals surface area contributed by atoms with Crippen molar-refractivity contribution in [2.75, 3.05) is 0 Å². The zero-order valence-electron chi connectivity index (χ0n) is 13.6. The lowest BCUT2D eigenvalue weighted by Crippen LogP contribution is -2.03. The first-order chi connectivity index (χ1) is 10.2. The maximum Gasteiger partial charge on any atom is 0.303 e. The number of carboxylic acid groups (broad SMARTS) is 1. The molecule has 120 valence electrons. The van der Waals surface area contributed by atoms with Crippen LogP contribution in [0, 0.1) is 11.8 Å². The zero-order valence-corrected chi connectivity index (χ0v) is 13.6. The van der Waals surface area contributed by atoms with Crippen LogP contribution in [0.25, 0.3) is 0 Å². The van der Waals surface area contributed by atoms with Crippen LogP contribution in [0.4, 0.5) is 0 Å². The molecule has 0 aromatic carbocycles. The molecular weight excluding hydrogens is 260 g/mol. The lowest BCUT2D eigenvalue weighted by molar-refractivity contribution is -0.137. The van der Waals surface area contributed by atoms with Crippen LogP contribution in [0.15, 0.2) is 24.3 Å². The maximum atomic E-state index is 10.4. The minimum absolute atomic E-state index is 0.289. The average molecular weight is 292 g/mol. The molecular formula is C19H32O2. The first-order valence-corrected chi connectivity index (χ1v) is 8.77. The summed E-state index contributed by atoms with van der Waals surface area (Å²) in [6.45, 7) is 2.25. The fraction of sp³-hybridized carbons (Fsp3) is 0.737. The summed E-state index contributed by atoms with van der Waals surface area (Å²) in [6.07, 6.45) is 21.7. The summed E-state index contributed by atoms with van der Waals surface area (Å²) >= 11 is 0. The van der Waals surface area contributed by atoms with Crippen molar-refractivity contribution in [3.8, 4) is 0 Å². The van der Waals surface area contributed by atoms with E-state index in [1.807, 2.05) is 0 Å². The molecule has 21 heavy (non-hydrogen) atoms. The van der Waals surface area contributed by atoms with Crippen LogP contribution in [-0.2, 0) is 4.79 Å². The van der Waals surface area contributed by atoms with E-state index in [-0.39, 0.29) is 6.42 Å². The summed E-state index contributed by atoms with van der Waals surface area (Å²) in [4.78, 5) is 10.4. The Morgan fingerprint density at radius 3 is 2.67 bits per heavy atom. The van der Waals surface area contributed by atoms with Crippen LogP contribution in [0.5, 0.6) is 0 Å². The van der Waals surface area contributed by atoms with Crippen molar-refractivity contribution >= 4 is 5.97 Å². The first-order valence-electron chi connectivity index (χ1n) is 8.77. The molecule has 2 nitrogen and oxygen atoms in total. The molecule has 0 unspecified atom stereocenters. The highest BCUT2D eigenvalue weighted by atomic mass is 16.4. The average Bonchev–Trinajstić information content (AvgIpc) is 2.89. The van der Waals surface area contributed by atoms with E-state index in [2.05, 4.69) is 31.2 Å². The Morgan fingerprint density at radius 1 is 1.10 bits per heavy atom. The second-order valence-corrected chi connectivity index (χ2v) is 6.27. The number of rotatable bonds is 11. The lowest BCUT2D eigenvalue weighted by atomic mass is 9.92. The Labute approximate surface area is 130 Å². The van der Waals surface area contributed by atoms with E-state index in [4.69, 9.17) is 5.11 Å². The Balaban J connectivity index is 2.17. The Morgan fingerprint density at radius 2 is 1.90 bits per heavy atom. The van der Waals surface area contributed by atoms with E-state index < -0.39 is 5.97 Å². The van der Waals surface area contributed by atoms with E-state index in [1.165, 1.54) is 44.9 Å². The van der Waals surface area contributed by atoms with E-state index in [0.717, 1.165) is 31.1 Å². The topological polar surface area (TPSA) is 37.3 Å². The molecule has 1 aliphatic carbocycles. The van der Waals surface area contributed by atoms with Gasteiger partial charge in [-0.25, -0.2) is 0 Å². The normalized spacial score (nSPS) is 22.5. The van der Waals surface area contributed by atoms with Gasteiger partial charge in [0.15, 0.2) is 0 Å². The van der Waals surface area contributed by atoms with Crippen LogP contribution < -0.4 is 0 Å². The first kappa shape index (κ1) is 18.0. The van der Waals surface area contributed by atoms with Crippen molar-refractivity contribution in [3.05, 3.63) is 24.3 Å². The standard InChI is InChI=1S/C19H32O2/c1-2-3-4-5-8-12-17-14-11-15-18(17)13-9-6-7-10-16-19(20)21/h6,8-9,12,17-18H,2-5,7,10-11,13-16H2,1H3,(H,20,21)/b9-6-,12-8+/t17-,18-/m0/s1. The molecule has 0 saturated heterocycles. The maximum absolute atomic E-state index is 10.4. The SMILES string of the molecule is CCCCC/C=C/[C@H]1CCC[C@@H]1C/C=C\CCCC(=O)O. The minimum Gasteiger partial charge on any atom is -0.481 e. The van der Waals surface area contributed by atoms with E-state index in [9.17, 15) is 4.79 Å². The predicted molar refractivity (Wildman–Crippen MR) is 89.4 cm³/mol. The molecule has 1 N–H and O–H groups in total. The molecule has 0 aromatic rings. The molecule has 1 aliphatic rings. The number of aliphatic carboxylic acids is 1. The molecule has 2 atom stereocenters. The van der Waals surface area contributed by atoms with Crippen molar-refractivity contribution in [3.63, 3.8) is 0 Å². The monoisotopic (exact) mass is 292 g/mol. The number of allylic oxidation sites excluding steroid dienone is 4. The molecule has 0 radical (unpaired) electrons. The summed E-state index contributed by atoms with van der Waals surface area (Å²) < 4.78 is 0. The lowest BCUT2D eigenvalue weighted by Gasteiger charge is -2.14. The number of hydrogen-bond acceptors (Lipinski definition) is 1. The molecule has 2 heteroatoms. The van der Waals surface area contributed by atoms with Gasteiger partial charge in [-0.05, 0) is 56.8 Å². The molecule has 1 saturated carbocycles. The number of carboxylic acids is 1. The molecule has 0 bridgehead atoms. The van der Waals surface area contributed by atoms with Crippen molar-refractivity contribution in [1.82, 2.24) is 0 Å². The smallest absolute Gasteiger partial charge is 0.303 e. The molecule has 1 fully saturated rings. The van der Waals surface area contributed by atoms with Crippen LogP contribution in [0.1, 0.15) is 77.6 Å². The van der Waals surface area contributed by atoms with Crippen LogP contribution in [0.2, 0.25) is 0 Å². The Bertz CT molecular complexity index is 330. The van der Waals surface area contributed by atoms with Gasteiger partial charge in [0.05, 0.1) is 0 Å². The fourth-order valence-electron chi connectivity index (χ4n) is 3.15. The summed E-state index contributed by atoms with van der Waals surface area (Å²) in [5.74, 6) is 0.894. The molecule has 0 amide bonds. The second-order valence-electron chi connectivity index (χ2n) is 6.27. The zero-order chi connectivity index (χ0) is 15.3.